The van der Waals surface area contributed by atoms with E-state index in [0.29, 0.717) is 18.2 Å². The first kappa shape index (κ1) is 29.7. The molecule has 0 bridgehead atoms. The zero-order valence-corrected chi connectivity index (χ0v) is 27.6. The number of rotatable bonds is 9. The highest BCUT2D eigenvalue weighted by Crippen LogP contribution is 2.42. The number of benzene rings is 5. The van der Waals surface area contributed by atoms with E-state index in [1.165, 1.54) is 31.8 Å². The van der Waals surface area contributed by atoms with Crippen LogP contribution in [-0.2, 0) is 16.7 Å². The molecule has 0 saturated carbocycles. The van der Waals surface area contributed by atoms with Gasteiger partial charge in [-0.15, -0.1) is 0 Å². The minimum absolute atomic E-state index is 0.246. The molecule has 1 N–H and O–H groups in total. The van der Waals surface area contributed by atoms with Gasteiger partial charge in [0.15, 0.2) is 12.3 Å². The molecule has 8 rings (SSSR count). The minimum atomic E-state index is -4.10. The lowest BCUT2D eigenvalue weighted by Crippen LogP contribution is -2.35. The highest BCUT2D eigenvalue weighted by Gasteiger charge is 2.30. The second-order valence-electron chi connectivity index (χ2n) is 12.0. The van der Waals surface area contributed by atoms with Crippen LogP contribution < -0.4 is 14.2 Å². The highest BCUT2D eigenvalue weighted by molar-refractivity contribution is 7.85. The number of aryl methyl sites for hydroxylation is 1. The number of anilines is 1. The van der Waals surface area contributed by atoms with Crippen LogP contribution in [0.3, 0.4) is 0 Å². The average Bonchev–Trinajstić information content (AvgIpc) is 3.76. The van der Waals surface area contributed by atoms with Crippen molar-refractivity contribution in [1.29, 1.82) is 0 Å². The Morgan fingerprint density at radius 2 is 1.68 bits per heavy atom. The lowest BCUT2D eigenvalue weighted by Gasteiger charge is -2.18. The number of hydrogen-bond donors (Lipinski definition) is 1. The van der Waals surface area contributed by atoms with Gasteiger partial charge in [0.25, 0.3) is 15.1 Å². The summed E-state index contributed by atoms with van der Waals surface area (Å²) >= 11 is 1.73. The normalized spacial score (nSPS) is 14.2. The second-order valence-corrected chi connectivity index (χ2v) is 14.6. The summed E-state index contributed by atoms with van der Waals surface area (Å²) in [6, 6.07) is 33.9. The molecule has 0 aliphatic carbocycles. The van der Waals surface area contributed by atoms with Crippen LogP contribution in [0.15, 0.2) is 109 Å². The Labute approximate surface area is 277 Å². The Morgan fingerprint density at radius 3 is 2.53 bits per heavy atom. The first-order valence-corrected chi connectivity index (χ1v) is 18.4. The number of aromatic nitrogens is 2. The molecule has 7 aromatic rings. The standard InChI is InChI=1S/C38H33N3O4S2/c1-2-3-20-41-37(46-35-18-16-30-29-11-6-4-9-26(29)13-15-31(30)38(35)41)25-36-40(21-8-23-47(42,43)44)33-24-28(14-17-34(33)45-36)39-22-19-27-10-5-7-12-32(27)39/h4-7,9-19,22,24-25H,2-3,8,20-21,23H2,1H3/p+1. The molecular formula is C38H34N3O4S2+. The molecule has 0 saturated heterocycles. The average molecular weight is 661 g/mol. The van der Waals surface area contributed by atoms with Crippen molar-refractivity contribution in [1.82, 2.24) is 4.57 Å². The Balaban J connectivity index is 1.26. The lowest BCUT2D eigenvalue weighted by molar-refractivity contribution is -0.668. The van der Waals surface area contributed by atoms with Crippen LogP contribution in [0, 0.1) is 0 Å². The maximum atomic E-state index is 11.7. The zero-order chi connectivity index (χ0) is 32.1. The van der Waals surface area contributed by atoms with Gasteiger partial charge in [-0.3, -0.25) is 4.55 Å². The first-order valence-electron chi connectivity index (χ1n) is 16.0. The van der Waals surface area contributed by atoms with Crippen LogP contribution in [0.4, 0.5) is 5.69 Å². The topological polar surface area (TPSA) is 75.7 Å². The summed E-state index contributed by atoms with van der Waals surface area (Å²) in [5.74, 6) is 1.02. The van der Waals surface area contributed by atoms with E-state index in [-0.39, 0.29) is 12.2 Å². The molecule has 1 aliphatic heterocycles. The van der Waals surface area contributed by atoms with Gasteiger partial charge in [-0.05, 0) is 70.4 Å². The molecule has 0 spiro atoms. The van der Waals surface area contributed by atoms with Crippen LogP contribution in [-0.4, -0.2) is 29.8 Å². The number of nitrogens with zero attached hydrogens (tertiary/aromatic N) is 3. The lowest BCUT2D eigenvalue weighted by atomic mass is 10.0. The molecule has 47 heavy (non-hydrogen) atoms. The third kappa shape index (κ3) is 5.44. The van der Waals surface area contributed by atoms with Gasteiger partial charge in [0.1, 0.15) is 4.70 Å². The van der Waals surface area contributed by atoms with Crippen molar-refractivity contribution in [3.63, 3.8) is 0 Å². The van der Waals surface area contributed by atoms with E-state index in [1.54, 1.807) is 11.3 Å². The number of thiazole rings is 1. The molecule has 0 radical (unpaired) electrons. The van der Waals surface area contributed by atoms with Crippen LogP contribution in [0.2, 0.25) is 0 Å². The van der Waals surface area contributed by atoms with Crippen molar-refractivity contribution in [3.05, 3.63) is 114 Å². The van der Waals surface area contributed by atoms with Crippen LogP contribution in [0.1, 0.15) is 31.2 Å². The van der Waals surface area contributed by atoms with Gasteiger partial charge in [0.05, 0.1) is 28.4 Å². The number of ether oxygens (including phenoxy) is 1. The molecule has 5 aromatic carbocycles. The maximum Gasteiger partial charge on any atom is 0.268 e. The van der Waals surface area contributed by atoms with Crippen LogP contribution >= 0.6 is 11.3 Å². The Kier molecular flexibility index (Phi) is 7.47. The molecule has 7 nitrogen and oxygen atoms in total. The van der Waals surface area contributed by atoms with Crippen molar-refractivity contribution < 1.29 is 22.3 Å². The quantitative estimate of drug-likeness (QED) is 0.0953. The first-order chi connectivity index (χ1) is 22.9. The predicted molar refractivity (Wildman–Crippen MR) is 192 cm³/mol. The number of hydrogen-bond acceptors (Lipinski definition) is 5. The molecule has 1 aliphatic rings. The van der Waals surface area contributed by atoms with Crippen molar-refractivity contribution >= 4 is 75.9 Å². The van der Waals surface area contributed by atoms with Gasteiger partial charge in [-0.25, -0.2) is 0 Å². The summed E-state index contributed by atoms with van der Waals surface area (Å²) in [5.41, 5.74) is 4.16. The fourth-order valence-corrected chi connectivity index (χ4v) is 8.36. The van der Waals surface area contributed by atoms with Crippen LogP contribution in [0.25, 0.3) is 54.4 Å². The summed E-state index contributed by atoms with van der Waals surface area (Å²) in [5, 5.41) is 7.14. The number of fused-ring (bicyclic) bond motifs is 7. The van der Waals surface area contributed by atoms with Crippen molar-refractivity contribution in [2.45, 2.75) is 32.7 Å². The van der Waals surface area contributed by atoms with Crippen LogP contribution in [0.5, 0.6) is 5.75 Å². The van der Waals surface area contributed by atoms with E-state index in [2.05, 4.69) is 101 Å². The Bertz CT molecular complexity index is 2460. The van der Waals surface area contributed by atoms with Crippen molar-refractivity contribution in [2.75, 3.05) is 17.2 Å². The number of para-hydroxylation sites is 1. The smallest absolute Gasteiger partial charge is 0.268 e. The number of unbranched alkanes of at least 4 members (excludes halogenated alkanes) is 1. The third-order valence-corrected chi connectivity index (χ3v) is 10.9. The van der Waals surface area contributed by atoms with E-state index in [4.69, 9.17) is 4.74 Å². The summed E-state index contributed by atoms with van der Waals surface area (Å²) in [4.78, 5) is 2.04. The molecule has 0 fully saturated rings. The van der Waals surface area contributed by atoms with Gasteiger partial charge in [0, 0.05) is 24.8 Å². The summed E-state index contributed by atoms with van der Waals surface area (Å²) in [7, 11) is -4.10. The van der Waals surface area contributed by atoms with Gasteiger partial charge in [-0.1, -0.05) is 79.3 Å². The van der Waals surface area contributed by atoms with E-state index in [1.807, 2.05) is 29.2 Å². The summed E-state index contributed by atoms with van der Waals surface area (Å²) in [6.45, 7) is 3.43. The highest BCUT2D eigenvalue weighted by atomic mass is 32.2. The van der Waals surface area contributed by atoms with Crippen molar-refractivity contribution in [2.24, 2.45) is 0 Å². The largest absolute Gasteiger partial charge is 0.438 e. The fraction of sp³-hybridized carbons (Fsp3) is 0.184. The van der Waals surface area contributed by atoms with Gasteiger partial charge in [-0.2, -0.15) is 13.0 Å². The van der Waals surface area contributed by atoms with Gasteiger partial charge in [0.2, 0.25) is 11.4 Å². The van der Waals surface area contributed by atoms with Crippen molar-refractivity contribution in [3.8, 4) is 11.4 Å². The molecule has 236 valence electrons. The summed E-state index contributed by atoms with van der Waals surface area (Å²) < 4.78 is 45.1. The Morgan fingerprint density at radius 1 is 0.872 bits per heavy atom. The molecule has 2 aromatic heterocycles. The molecular weight excluding hydrogens is 627 g/mol. The fourth-order valence-electron chi connectivity index (χ4n) is 6.73. The molecule has 0 amide bonds. The second kappa shape index (κ2) is 11.8. The molecule has 0 unspecified atom stereocenters. The van der Waals surface area contributed by atoms with Gasteiger partial charge < -0.3 is 14.2 Å². The molecule has 0 atom stereocenters. The van der Waals surface area contributed by atoms with Gasteiger partial charge >= 0.3 is 0 Å². The summed E-state index contributed by atoms with van der Waals surface area (Å²) in [6.07, 6.45) is 6.49. The molecule has 3 heterocycles. The van der Waals surface area contributed by atoms with E-state index < -0.39 is 10.1 Å². The molecule has 9 heteroatoms. The monoisotopic (exact) mass is 660 g/mol. The van der Waals surface area contributed by atoms with E-state index in [9.17, 15) is 13.0 Å². The Hall–Kier alpha value is -4.70. The third-order valence-electron chi connectivity index (χ3n) is 8.97. The maximum absolute atomic E-state index is 11.7. The van der Waals surface area contributed by atoms with E-state index in [0.717, 1.165) is 46.7 Å². The zero-order valence-electron chi connectivity index (χ0n) is 26.0. The predicted octanol–water partition coefficient (Wildman–Crippen LogP) is 8.71. The minimum Gasteiger partial charge on any atom is -0.438 e. The van der Waals surface area contributed by atoms with E-state index >= 15 is 0 Å². The SMILES string of the molecule is CCCC[n+]1c(/C=C2\Oc3ccc(-n4ccc5ccccc54)cc3N2CCCS(=O)(=O)O)sc2ccc3c4ccccc4ccc3c21.